The summed E-state index contributed by atoms with van der Waals surface area (Å²) in [5.41, 5.74) is 5.12. The summed E-state index contributed by atoms with van der Waals surface area (Å²) in [4.78, 5) is 0. The summed E-state index contributed by atoms with van der Waals surface area (Å²) >= 11 is 0. The third-order valence-corrected chi connectivity index (χ3v) is 10.6. The highest BCUT2D eigenvalue weighted by Crippen LogP contribution is 2.42. The third-order valence-electron chi connectivity index (χ3n) is 10.6. The average molecular weight is 533 g/mol. The molecule has 0 aromatic heterocycles. The summed E-state index contributed by atoms with van der Waals surface area (Å²) in [5.74, 6) is 2.85. The van der Waals surface area contributed by atoms with Crippen LogP contribution in [0.15, 0.2) is 42.5 Å². The fraction of sp³-hybridized carbons (Fsp3) is 0.622. The van der Waals surface area contributed by atoms with E-state index in [0.29, 0.717) is 17.8 Å². The van der Waals surface area contributed by atoms with Gasteiger partial charge < -0.3 is 0 Å². The predicted molar refractivity (Wildman–Crippen MR) is 161 cm³/mol. The second-order valence-corrected chi connectivity index (χ2v) is 13.1. The number of halogens is 2. The summed E-state index contributed by atoms with van der Waals surface area (Å²) in [6.45, 7) is 4.55. The van der Waals surface area contributed by atoms with E-state index in [2.05, 4.69) is 38.1 Å². The molecule has 0 amide bonds. The highest BCUT2D eigenvalue weighted by atomic mass is 19.1. The molecule has 1 unspecified atom stereocenters. The van der Waals surface area contributed by atoms with E-state index in [1.54, 1.807) is 6.07 Å². The maximum Gasteiger partial charge on any atom is 0.130 e. The second kappa shape index (κ2) is 13.6. The molecule has 2 heteroatoms. The second-order valence-electron chi connectivity index (χ2n) is 13.1. The van der Waals surface area contributed by atoms with Crippen molar-refractivity contribution in [2.24, 2.45) is 11.8 Å². The van der Waals surface area contributed by atoms with Gasteiger partial charge in [0.05, 0.1) is 0 Å². The van der Waals surface area contributed by atoms with Gasteiger partial charge in [-0.05, 0) is 135 Å². The Kier molecular flexibility index (Phi) is 9.96. The van der Waals surface area contributed by atoms with Gasteiger partial charge in [0, 0.05) is 5.56 Å². The predicted octanol–water partition coefficient (Wildman–Crippen LogP) is 11.9. The summed E-state index contributed by atoms with van der Waals surface area (Å²) in [5, 5.41) is 0. The molecule has 0 saturated heterocycles. The van der Waals surface area contributed by atoms with E-state index in [9.17, 15) is 0 Å². The lowest BCUT2D eigenvalue weighted by atomic mass is 9.76. The van der Waals surface area contributed by atoms with Crippen LogP contribution in [0.5, 0.6) is 0 Å². The van der Waals surface area contributed by atoms with Gasteiger partial charge in [-0.15, -0.1) is 0 Å². The van der Waals surface area contributed by atoms with E-state index in [-0.39, 0.29) is 11.6 Å². The van der Waals surface area contributed by atoms with Crippen molar-refractivity contribution in [3.05, 3.63) is 76.4 Å². The Hall–Kier alpha value is -1.96. The van der Waals surface area contributed by atoms with Crippen LogP contribution in [0.4, 0.5) is 8.78 Å². The van der Waals surface area contributed by atoms with Crippen LogP contribution in [0.25, 0.3) is 5.57 Å². The van der Waals surface area contributed by atoms with Crippen molar-refractivity contribution in [2.75, 3.05) is 0 Å². The summed E-state index contributed by atoms with van der Waals surface area (Å²) in [6.07, 6.45) is 21.2. The molecule has 0 heterocycles. The van der Waals surface area contributed by atoms with Crippen LogP contribution >= 0.6 is 0 Å². The maximum absolute atomic E-state index is 15.3. The highest BCUT2D eigenvalue weighted by molar-refractivity contribution is 5.67. The van der Waals surface area contributed by atoms with Crippen LogP contribution in [-0.2, 0) is 0 Å². The molecular formula is C37H50F2. The lowest BCUT2D eigenvalue weighted by Gasteiger charge is -2.29. The first-order chi connectivity index (χ1) is 19.1. The SMILES string of the molecule is CCCCCC1CCC(c2ccc(C3=CCC(c4ccc(C5CCC(CC)CC5)c(F)c4)CC3)c(F)c2)CC1. The fourth-order valence-electron chi connectivity index (χ4n) is 7.90. The van der Waals surface area contributed by atoms with Gasteiger partial charge >= 0.3 is 0 Å². The van der Waals surface area contributed by atoms with Gasteiger partial charge in [-0.1, -0.05) is 76.3 Å². The maximum atomic E-state index is 15.3. The van der Waals surface area contributed by atoms with Gasteiger partial charge in [0.1, 0.15) is 11.6 Å². The lowest BCUT2D eigenvalue weighted by molar-refractivity contribution is 0.302. The van der Waals surface area contributed by atoms with Crippen LogP contribution < -0.4 is 0 Å². The lowest BCUT2D eigenvalue weighted by Crippen LogP contribution is -2.14. The Balaban J connectivity index is 1.17. The molecule has 1 atom stereocenters. The molecule has 0 nitrogen and oxygen atoms in total. The van der Waals surface area contributed by atoms with E-state index >= 15 is 8.78 Å². The molecule has 3 aliphatic carbocycles. The van der Waals surface area contributed by atoms with Crippen molar-refractivity contribution < 1.29 is 8.78 Å². The van der Waals surface area contributed by atoms with Crippen LogP contribution in [0.3, 0.4) is 0 Å². The summed E-state index contributed by atoms with van der Waals surface area (Å²) in [7, 11) is 0. The third kappa shape index (κ3) is 7.04. The van der Waals surface area contributed by atoms with Crippen LogP contribution in [0.1, 0.15) is 157 Å². The van der Waals surface area contributed by atoms with Crippen molar-refractivity contribution in [1.82, 2.24) is 0 Å². The number of allylic oxidation sites excluding steroid dienone is 2. The van der Waals surface area contributed by atoms with Crippen molar-refractivity contribution in [3.8, 4) is 0 Å². The van der Waals surface area contributed by atoms with Crippen molar-refractivity contribution in [1.29, 1.82) is 0 Å². The minimum Gasteiger partial charge on any atom is -0.207 e. The number of benzene rings is 2. The summed E-state index contributed by atoms with van der Waals surface area (Å²) < 4.78 is 30.5. The molecule has 0 N–H and O–H groups in total. The Morgan fingerprint density at radius 3 is 1.97 bits per heavy atom. The fourth-order valence-corrected chi connectivity index (χ4v) is 7.90. The van der Waals surface area contributed by atoms with Crippen molar-refractivity contribution in [3.63, 3.8) is 0 Å². The normalized spacial score (nSPS) is 27.8. The smallest absolute Gasteiger partial charge is 0.130 e. The van der Waals surface area contributed by atoms with Gasteiger partial charge in [-0.25, -0.2) is 8.78 Å². The monoisotopic (exact) mass is 532 g/mol. The Labute approximate surface area is 236 Å². The van der Waals surface area contributed by atoms with Crippen LogP contribution in [0.2, 0.25) is 0 Å². The topological polar surface area (TPSA) is 0 Å². The minimum atomic E-state index is -0.0598. The van der Waals surface area contributed by atoms with Crippen molar-refractivity contribution >= 4 is 5.57 Å². The molecule has 2 fully saturated rings. The molecule has 0 radical (unpaired) electrons. The number of hydrogen-bond donors (Lipinski definition) is 0. The Bertz CT molecular complexity index is 1100. The molecule has 0 aliphatic heterocycles. The first-order valence-electron chi connectivity index (χ1n) is 16.3. The number of rotatable bonds is 9. The molecule has 2 aromatic carbocycles. The average Bonchev–Trinajstić information content (AvgIpc) is 2.98. The van der Waals surface area contributed by atoms with Crippen molar-refractivity contribution in [2.45, 2.75) is 134 Å². The zero-order chi connectivity index (χ0) is 27.2. The highest BCUT2D eigenvalue weighted by Gasteiger charge is 2.26. The quantitative estimate of drug-likeness (QED) is 0.282. The molecule has 3 aliphatic rings. The van der Waals surface area contributed by atoms with Crippen LogP contribution in [0, 0.1) is 23.5 Å². The molecule has 212 valence electrons. The van der Waals surface area contributed by atoms with E-state index in [4.69, 9.17) is 0 Å². The number of unbranched alkanes of at least 4 members (excludes halogenated alkanes) is 2. The van der Waals surface area contributed by atoms with Gasteiger partial charge in [-0.2, -0.15) is 0 Å². The van der Waals surface area contributed by atoms with Gasteiger partial charge in [0.15, 0.2) is 0 Å². The largest absolute Gasteiger partial charge is 0.207 e. The van der Waals surface area contributed by atoms with Crippen LogP contribution in [-0.4, -0.2) is 0 Å². The standard InChI is InChI=1S/C37H50F2/c1-3-5-6-7-27-10-12-28(13-11-27)32-20-23-35(37(39)24-32)31-18-16-29(17-19-31)33-21-22-34(36(38)25-33)30-14-8-26(4-2)9-15-30/h18,20-30H,3-17,19H2,1-2H3. The van der Waals surface area contributed by atoms with E-state index in [0.717, 1.165) is 66.2 Å². The number of hydrogen-bond acceptors (Lipinski definition) is 0. The van der Waals surface area contributed by atoms with E-state index < -0.39 is 0 Å². The molecule has 2 aromatic rings. The Morgan fingerprint density at radius 2 is 1.33 bits per heavy atom. The molecule has 39 heavy (non-hydrogen) atoms. The Morgan fingerprint density at radius 1 is 0.667 bits per heavy atom. The molecule has 0 spiro atoms. The molecule has 0 bridgehead atoms. The molecule has 2 saturated carbocycles. The zero-order valence-corrected chi connectivity index (χ0v) is 24.5. The van der Waals surface area contributed by atoms with E-state index in [1.165, 1.54) is 76.2 Å². The molecular weight excluding hydrogens is 482 g/mol. The zero-order valence-electron chi connectivity index (χ0n) is 24.5. The summed E-state index contributed by atoms with van der Waals surface area (Å²) in [6, 6.07) is 12.1. The van der Waals surface area contributed by atoms with Gasteiger partial charge in [0.2, 0.25) is 0 Å². The van der Waals surface area contributed by atoms with Gasteiger partial charge in [0.25, 0.3) is 0 Å². The first kappa shape index (κ1) is 28.6. The van der Waals surface area contributed by atoms with E-state index in [1.807, 2.05) is 12.1 Å². The van der Waals surface area contributed by atoms with Gasteiger partial charge in [-0.3, -0.25) is 0 Å². The molecule has 5 rings (SSSR count). The first-order valence-corrected chi connectivity index (χ1v) is 16.3. The minimum absolute atomic E-state index is 0.0150.